The second kappa shape index (κ2) is 11.8. The molecule has 0 saturated carbocycles. The molecule has 0 atom stereocenters. The van der Waals surface area contributed by atoms with Gasteiger partial charge in [-0.2, -0.15) is 0 Å². The number of pyridine rings is 1. The number of methoxy groups -OCH3 is 1. The highest BCUT2D eigenvalue weighted by Crippen LogP contribution is 2.22. The number of amides is 2. The number of nitrogens with zero attached hydrogens (tertiary/aromatic N) is 1. The number of hydrogen-bond donors (Lipinski definition) is 2. The molecule has 0 aliphatic rings. The minimum Gasteiger partial charge on any atom is -0.491 e. The molecular formula is C23H25N3O3S. The quantitative estimate of drug-likeness (QED) is 0.365. The zero-order chi connectivity index (χ0) is 21.0. The number of ether oxygens (including phenoxy) is 2. The average molecular weight is 424 g/mol. The van der Waals surface area contributed by atoms with E-state index in [1.807, 2.05) is 66.7 Å². The van der Waals surface area contributed by atoms with Crippen molar-refractivity contribution in [2.24, 2.45) is 0 Å². The predicted octanol–water partition coefficient (Wildman–Crippen LogP) is 4.72. The summed E-state index contributed by atoms with van der Waals surface area (Å²) in [5, 5.41) is 6.73. The Hall–Kier alpha value is -3.03. The van der Waals surface area contributed by atoms with Gasteiger partial charge in [0.2, 0.25) is 0 Å². The van der Waals surface area contributed by atoms with Crippen molar-refractivity contribution in [3.63, 3.8) is 0 Å². The van der Waals surface area contributed by atoms with E-state index in [0.717, 1.165) is 33.3 Å². The zero-order valence-electron chi connectivity index (χ0n) is 16.8. The lowest BCUT2D eigenvalue weighted by atomic mass is 10.2. The van der Waals surface area contributed by atoms with Crippen LogP contribution in [-0.4, -0.2) is 31.3 Å². The third kappa shape index (κ3) is 7.42. The Morgan fingerprint density at radius 2 is 1.87 bits per heavy atom. The van der Waals surface area contributed by atoms with Crippen LogP contribution < -0.4 is 15.4 Å². The van der Waals surface area contributed by atoms with Crippen LogP contribution in [0.2, 0.25) is 0 Å². The van der Waals surface area contributed by atoms with Gasteiger partial charge in [-0.25, -0.2) is 9.78 Å². The van der Waals surface area contributed by atoms with Crippen LogP contribution in [0.3, 0.4) is 0 Å². The number of urea groups is 1. The second-order valence-corrected chi connectivity index (χ2v) is 7.45. The standard InChI is InChI=1S/C23H25N3O3S/c1-28-13-14-29-21-10-8-18(9-11-21)16-25-23(27)26-20-6-4-5-19(15-20)17-30-22-7-2-3-12-24-22/h2-12,15H,13-14,16-17H2,1H3,(H2,25,26,27). The van der Waals surface area contributed by atoms with Gasteiger partial charge < -0.3 is 20.1 Å². The molecule has 3 aromatic rings. The van der Waals surface area contributed by atoms with Crippen LogP contribution in [0.4, 0.5) is 10.5 Å². The minimum absolute atomic E-state index is 0.245. The SMILES string of the molecule is COCCOc1ccc(CNC(=O)Nc2cccc(CSc3ccccn3)c2)cc1. The molecule has 156 valence electrons. The molecule has 0 spiro atoms. The Morgan fingerprint density at radius 3 is 2.63 bits per heavy atom. The van der Waals surface area contributed by atoms with Gasteiger partial charge >= 0.3 is 6.03 Å². The number of rotatable bonds is 10. The number of nitrogens with one attached hydrogen (secondary N) is 2. The van der Waals surface area contributed by atoms with Gasteiger partial charge in [-0.05, 0) is 47.5 Å². The highest BCUT2D eigenvalue weighted by atomic mass is 32.2. The van der Waals surface area contributed by atoms with Crippen molar-refractivity contribution in [1.29, 1.82) is 0 Å². The Labute approximate surface area is 181 Å². The lowest BCUT2D eigenvalue weighted by Crippen LogP contribution is -2.28. The molecule has 0 radical (unpaired) electrons. The van der Waals surface area contributed by atoms with E-state index in [4.69, 9.17) is 9.47 Å². The molecule has 0 fully saturated rings. The van der Waals surface area contributed by atoms with E-state index in [0.29, 0.717) is 19.8 Å². The Balaban J connectivity index is 1.44. The Morgan fingerprint density at radius 1 is 1.00 bits per heavy atom. The summed E-state index contributed by atoms with van der Waals surface area (Å²) in [6.07, 6.45) is 1.78. The third-order valence-corrected chi connectivity index (χ3v) is 5.16. The fraction of sp³-hybridized carbons (Fsp3) is 0.217. The van der Waals surface area contributed by atoms with Crippen molar-refractivity contribution in [3.8, 4) is 5.75 Å². The summed E-state index contributed by atoms with van der Waals surface area (Å²) in [7, 11) is 1.64. The maximum absolute atomic E-state index is 12.2. The van der Waals surface area contributed by atoms with Crippen LogP contribution in [0, 0.1) is 0 Å². The van der Waals surface area contributed by atoms with E-state index in [2.05, 4.69) is 15.6 Å². The number of thioether (sulfide) groups is 1. The van der Waals surface area contributed by atoms with Crippen molar-refractivity contribution in [2.75, 3.05) is 25.6 Å². The lowest BCUT2D eigenvalue weighted by Gasteiger charge is -2.10. The van der Waals surface area contributed by atoms with Gasteiger partial charge in [0.25, 0.3) is 0 Å². The van der Waals surface area contributed by atoms with Gasteiger partial charge in [0.05, 0.1) is 11.6 Å². The van der Waals surface area contributed by atoms with Crippen molar-refractivity contribution in [3.05, 3.63) is 84.1 Å². The van der Waals surface area contributed by atoms with Gasteiger partial charge in [-0.3, -0.25) is 0 Å². The summed E-state index contributed by atoms with van der Waals surface area (Å²) < 4.78 is 10.5. The van der Waals surface area contributed by atoms with Crippen molar-refractivity contribution < 1.29 is 14.3 Å². The summed E-state index contributed by atoms with van der Waals surface area (Å²) in [4.78, 5) is 16.6. The topological polar surface area (TPSA) is 72.5 Å². The number of aromatic nitrogens is 1. The largest absolute Gasteiger partial charge is 0.491 e. The molecule has 0 bridgehead atoms. The fourth-order valence-corrected chi connectivity index (χ4v) is 3.44. The van der Waals surface area contributed by atoms with E-state index in [-0.39, 0.29) is 6.03 Å². The normalized spacial score (nSPS) is 10.4. The van der Waals surface area contributed by atoms with Crippen LogP contribution in [0.25, 0.3) is 0 Å². The maximum Gasteiger partial charge on any atom is 0.319 e. The first-order chi connectivity index (χ1) is 14.7. The van der Waals surface area contributed by atoms with E-state index in [1.54, 1.807) is 25.1 Å². The molecule has 2 N–H and O–H groups in total. The van der Waals surface area contributed by atoms with Gasteiger partial charge in [0.1, 0.15) is 12.4 Å². The van der Waals surface area contributed by atoms with Crippen molar-refractivity contribution in [2.45, 2.75) is 17.3 Å². The third-order valence-electron chi connectivity index (χ3n) is 4.14. The summed E-state index contributed by atoms with van der Waals surface area (Å²) in [6, 6.07) is 21.1. The zero-order valence-corrected chi connectivity index (χ0v) is 17.7. The van der Waals surface area contributed by atoms with Gasteiger partial charge in [-0.15, -0.1) is 11.8 Å². The predicted molar refractivity (Wildman–Crippen MR) is 120 cm³/mol. The van der Waals surface area contributed by atoms with Crippen LogP contribution in [0.5, 0.6) is 5.75 Å². The molecule has 0 aliphatic heterocycles. The minimum atomic E-state index is -0.245. The molecule has 30 heavy (non-hydrogen) atoms. The average Bonchev–Trinajstić information content (AvgIpc) is 2.78. The summed E-state index contributed by atoms with van der Waals surface area (Å²) in [5.41, 5.74) is 2.87. The Kier molecular flexibility index (Phi) is 8.56. The van der Waals surface area contributed by atoms with Gasteiger partial charge in [0, 0.05) is 31.3 Å². The van der Waals surface area contributed by atoms with Crippen molar-refractivity contribution >= 4 is 23.5 Å². The molecule has 1 heterocycles. The van der Waals surface area contributed by atoms with Crippen molar-refractivity contribution in [1.82, 2.24) is 10.3 Å². The summed E-state index contributed by atoms with van der Waals surface area (Å²) in [5.74, 6) is 1.56. The monoisotopic (exact) mass is 423 g/mol. The van der Waals surface area contributed by atoms with E-state index in [9.17, 15) is 4.79 Å². The van der Waals surface area contributed by atoms with E-state index < -0.39 is 0 Å². The summed E-state index contributed by atoms with van der Waals surface area (Å²) in [6.45, 7) is 1.49. The molecule has 1 aromatic heterocycles. The number of carbonyl (C=O) groups excluding carboxylic acids is 1. The molecule has 0 saturated heterocycles. The second-order valence-electron chi connectivity index (χ2n) is 6.45. The smallest absolute Gasteiger partial charge is 0.319 e. The number of carbonyl (C=O) groups is 1. The first kappa shape index (κ1) is 21.7. The molecular weight excluding hydrogens is 398 g/mol. The first-order valence-corrected chi connectivity index (χ1v) is 10.6. The first-order valence-electron chi connectivity index (χ1n) is 9.61. The van der Waals surface area contributed by atoms with Crippen LogP contribution in [0.15, 0.2) is 78.0 Å². The highest BCUT2D eigenvalue weighted by Gasteiger charge is 2.04. The number of benzene rings is 2. The van der Waals surface area contributed by atoms with E-state index >= 15 is 0 Å². The molecule has 0 unspecified atom stereocenters. The van der Waals surface area contributed by atoms with Gasteiger partial charge in [-0.1, -0.05) is 30.3 Å². The van der Waals surface area contributed by atoms with Gasteiger partial charge in [0.15, 0.2) is 0 Å². The maximum atomic E-state index is 12.2. The Bertz CT molecular complexity index is 920. The molecule has 7 heteroatoms. The molecule has 6 nitrogen and oxygen atoms in total. The summed E-state index contributed by atoms with van der Waals surface area (Å²) >= 11 is 1.66. The van der Waals surface area contributed by atoms with Crippen LogP contribution in [-0.2, 0) is 17.0 Å². The van der Waals surface area contributed by atoms with E-state index in [1.165, 1.54) is 0 Å². The van der Waals surface area contributed by atoms with Crippen LogP contribution in [0.1, 0.15) is 11.1 Å². The van der Waals surface area contributed by atoms with Crippen LogP contribution >= 0.6 is 11.8 Å². The lowest BCUT2D eigenvalue weighted by molar-refractivity contribution is 0.146. The molecule has 2 aromatic carbocycles. The highest BCUT2D eigenvalue weighted by molar-refractivity contribution is 7.98. The fourth-order valence-electron chi connectivity index (χ4n) is 2.63. The molecule has 0 aliphatic carbocycles. The molecule has 3 rings (SSSR count). The number of anilines is 1. The molecule has 2 amide bonds. The number of hydrogen-bond acceptors (Lipinski definition) is 5.